The Bertz CT molecular complexity index is 1070. The smallest absolute Gasteiger partial charge is 0.397 e. The first-order valence-electron chi connectivity index (χ1n) is 21.6. The highest BCUT2D eigenvalue weighted by atomic mass is 32.3. The number of aliphatic hydroxyl groups excluding tert-OH is 3. The minimum absolute atomic E-state index is 0.0316. The molecule has 13 heteroatoms. The van der Waals surface area contributed by atoms with Crippen molar-refractivity contribution in [2.75, 3.05) is 26.4 Å². The summed E-state index contributed by atoms with van der Waals surface area (Å²) in [6.07, 6.45) is 27.9. The molecule has 0 aromatic heterocycles. The number of esters is 1. The van der Waals surface area contributed by atoms with E-state index in [-0.39, 0.29) is 19.6 Å². The molecule has 12 nitrogen and oxygen atoms in total. The van der Waals surface area contributed by atoms with E-state index in [0.29, 0.717) is 13.0 Å². The van der Waals surface area contributed by atoms with Crippen molar-refractivity contribution in [3.63, 3.8) is 0 Å². The first-order valence-corrected chi connectivity index (χ1v) is 23.0. The number of aliphatic hydroxyl groups is 3. The minimum Gasteiger partial charge on any atom is -0.457 e. The van der Waals surface area contributed by atoms with Gasteiger partial charge in [-0.2, -0.15) is 8.42 Å². The summed E-state index contributed by atoms with van der Waals surface area (Å²) in [7, 11) is -5.06. The van der Waals surface area contributed by atoms with Crippen LogP contribution in [0.25, 0.3) is 0 Å². The number of rotatable bonds is 37. The highest BCUT2D eigenvalue weighted by Gasteiger charge is 2.48. The van der Waals surface area contributed by atoms with E-state index in [1.165, 1.54) is 89.9 Å². The van der Waals surface area contributed by atoms with Crippen molar-refractivity contribution in [1.82, 2.24) is 0 Å². The molecule has 0 bridgehead atoms. The van der Waals surface area contributed by atoms with Gasteiger partial charge < -0.3 is 34.3 Å². The third-order valence-electron chi connectivity index (χ3n) is 9.78. The Labute approximate surface area is 333 Å². The molecule has 1 aliphatic heterocycles. The van der Waals surface area contributed by atoms with Gasteiger partial charge in [-0.05, 0) is 57.8 Å². The minimum atomic E-state index is -5.06. The van der Waals surface area contributed by atoms with Crippen LogP contribution >= 0.6 is 0 Å². The second kappa shape index (κ2) is 34.6. The lowest BCUT2D eigenvalue weighted by Crippen LogP contribution is -2.60. The predicted octanol–water partition coefficient (Wildman–Crippen LogP) is 8.46. The van der Waals surface area contributed by atoms with Gasteiger partial charge in [0.1, 0.15) is 30.5 Å². The van der Waals surface area contributed by atoms with Crippen LogP contribution in [0, 0.1) is 0 Å². The van der Waals surface area contributed by atoms with Gasteiger partial charge in [-0.1, -0.05) is 134 Å². The summed E-state index contributed by atoms with van der Waals surface area (Å²) in [5.41, 5.74) is 0. The number of allylic oxidation sites excluding steroid dienone is 4. The van der Waals surface area contributed by atoms with Crippen molar-refractivity contribution < 1.29 is 56.2 Å². The molecular formula is C42H78O12S. The molecule has 0 amide bonds. The molecule has 0 aromatic carbocycles. The molecule has 55 heavy (non-hydrogen) atoms. The van der Waals surface area contributed by atoms with Gasteiger partial charge in [-0.3, -0.25) is 9.35 Å². The van der Waals surface area contributed by atoms with E-state index >= 15 is 0 Å². The van der Waals surface area contributed by atoms with E-state index in [0.717, 1.165) is 57.8 Å². The van der Waals surface area contributed by atoms with Crippen molar-refractivity contribution in [3.8, 4) is 0 Å². The van der Waals surface area contributed by atoms with Crippen LogP contribution in [0.1, 0.15) is 174 Å². The Morgan fingerprint density at radius 3 is 1.71 bits per heavy atom. The van der Waals surface area contributed by atoms with Gasteiger partial charge >= 0.3 is 16.4 Å². The number of hydrogen-bond donors (Lipinski definition) is 4. The first-order chi connectivity index (χ1) is 26.6. The quantitative estimate of drug-likeness (QED) is 0.0204. The Balaban J connectivity index is 2.44. The van der Waals surface area contributed by atoms with Crippen molar-refractivity contribution in [1.29, 1.82) is 0 Å². The fraction of sp³-hybridized carbons (Fsp3) is 0.881. The summed E-state index contributed by atoms with van der Waals surface area (Å²) in [5.74, 6) is -0.407. The van der Waals surface area contributed by atoms with Crippen LogP contribution in [0.5, 0.6) is 0 Å². The van der Waals surface area contributed by atoms with Gasteiger partial charge in [0.2, 0.25) is 0 Å². The lowest BCUT2D eigenvalue weighted by Gasteiger charge is -2.41. The molecule has 1 heterocycles. The average Bonchev–Trinajstić information content (AvgIpc) is 3.15. The van der Waals surface area contributed by atoms with Crippen LogP contribution in [-0.2, 0) is 38.3 Å². The van der Waals surface area contributed by atoms with E-state index < -0.39 is 59.8 Å². The molecule has 324 valence electrons. The molecule has 0 aliphatic carbocycles. The van der Waals surface area contributed by atoms with Crippen LogP contribution in [-0.4, -0.2) is 97.5 Å². The van der Waals surface area contributed by atoms with Gasteiger partial charge in [0.25, 0.3) is 0 Å². The van der Waals surface area contributed by atoms with E-state index in [1.54, 1.807) is 0 Å². The SMILES string of the molecule is CCC/C=C\CCCCCCCCOCC(COC1OC(CO)C(O)C(OS(=O)(=O)O)C1O)OC(=O)CCCCCCCCC/C=C\CCCCCCCC. The van der Waals surface area contributed by atoms with Gasteiger partial charge in [0.05, 0.1) is 19.8 Å². The lowest BCUT2D eigenvalue weighted by molar-refractivity contribution is -0.301. The van der Waals surface area contributed by atoms with Crippen molar-refractivity contribution >= 4 is 16.4 Å². The predicted molar refractivity (Wildman–Crippen MR) is 216 cm³/mol. The standard InChI is InChI=1S/C42H78O12S/c1-3-5-7-9-11-13-15-16-17-18-19-20-21-23-25-27-29-31-38(44)52-36(34-50-32-30-28-26-24-22-14-12-10-8-6-4-2)35-51-42-40(46)41(54-55(47,48)49)39(45)37(33-43)53-42/h8,10,16-17,36-37,39-43,45-46H,3-7,9,11-15,18-35H2,1-2H3,(H,47,48,49)/b10-8-,17-16-. The molecule has 0 aromatic rings. The van der Waals surface area contributed by atoms with E-state index in [2.05, 4.69) is 42.3 Å². The fourth-order valence-electron chi connectivity index (χ4n) is 6.49. The third-order valence-corrected chi connectivity index (χ3v) is 10.2. The maximum Gasteiger partial charge on any atom is 0.397 e. The molecule has 1 fully saturated rings. The molecule has 1 rings (SSSR count). The average molecular weight is 807 g/mol. The summed E-state index contributed by atoms with van der Waals surface area (Å²) >= 11 is 0. The zero-order valence-electron chi connectivity index (χ0n) is 34.2. The first kappa shape index (κ1) is 51.6. The van der Waals surface area contributed by atoms with Crippen LogP contribution in [0.3, 0.4) is 0 Å². The van der Waals surface area contributed by atoms with Crippen LogP contribution in [0.4, 0.5) is 0 Å². The summed E-state index contributed by atoms with van der Waals surface area (Å²) in [4.78, 5) is 12.8. The molecule has 6 atom stereocenters. The molecule has 1 aliphatic rings. The lowest BCUT2D eigenvalue weighted by atomic mass is 9.99. The van der Waals surface area contributed by atoms with Crippen LogP contribution in [0.2, 0.25) is 0 Å². The number of carbonyl (C=O) groups excluding carboxylic acids is 1. The fourth-order valence-corrected chi connectivity index (χ4v) is 7.00. The second-order valence-corrected chi connectivity index (χ2v) is 16.0. The van der Waals surface area contributed by atoms with Crippen molar-refractivity contribution in [2.45, 2.75) is 211 Å². The Morgan fingerprint density at radius 2 is 1.18 bits per heavy atom. The maximum absolute atomic E-state index is 12.8. The Hall–Kier alpha value is -1.42. The molecular weight excluding hydrogens is 729 g/mol. The van der Waals surface area contributed by atoms with Crippen molar-refractivity contribution in [2.24, 2.45) is 0 Å². The summed E-state index contributed by atoms with van der Waals surface area (Å²) in [6.45, 7) is 3.91. The summed E-state index contributed by atoms with van der Waals surface area (Å²) in [5, 5.41) is 30.6. The van der Waals surface area contributed by atoms with Gasteiger partial charge in [0.15, 0.2) is 6.29 Å². The molecule has 0 saturated carbocycles. The topological polar surface area (TPSA) is 178 Å². The molecule has 6 unspecified atom stereocenters. The largest absolute Gasteiger partial charge is 0.457 e. The van der Waals surface area contributed by atoms with E-state index in [9.17, 15) is 28.5 Å². The zero-order valence-corrected chi connectivity index (χ0v) is 35.1. The van der Waals surface area contributed by atoms with Gasteiger partial charge in [-0.25, -0.2) is 4.18 Å². The second-order valence-electron chi connectivity index (χ2n) is 14.9. The van der Waals surface area contributed by atoms with Crippen molar-refractivity contribution in [3.05, 3.63) is 24.3 Å². The molecule has 0 radical (unpaired) electrons. The van der Waals surface area contributed by atoms with Gasteiger partial charge in [-0.15, -0.1) is 0 Å². The number of ether oxygens (including phenoxy) is 4. The molecule has 4 N–H and O–H groups in total. The van der Waals surface area contributed by atoms with Crippen LogP contribution < -0.4 is 0 Å². The number of unbranched alkanes of at least 4 members (excludes halogenated alkanes) is 20. The van der Waals surface area contributed by atoms with E-state index in [1.807, 2.05) is 0 Å². The monoisotopic (exact) mass is 807 g/mol. The number of hydrogen-bond acceptors (Lipinski definition) is 11. The summed E-state index contributed by atoms with van der Waals surface area (Å²) in [6, 6.07) is 0. The maximum atomic E-state index is 12.8. The highest BCUT2D eigenvalue weighted by Crippen LogP contribution is 2.26. The van der Waals surface area contributed by atoms with E-state index in [4.69, 9.17) is 23.5 Å². The normalized spacial score (nSPS) is 21.2. The Kier molecular flexibility index (Phi) is 32.5. The van der Waals surface area contributed by atoms with Crippen LogP contribution in [0.15, 0.2) is 24.3 Å². The summed E-state index contributed by atoms with van der Waals surface area (Å²) < 4.78 is 58.9. The zero-order chi connectivity index (χ0) is 40.4. The Morgan fingerprint density at radius 1 is 0.673 bits per heavy atom. The van der Waals surface area contributed by atoms with Gasteiger partial charge in [0, 0.05) is 13.0 Å². The third kappa shape index (κ3) is 28.6. The highest BCUT2D eigenvalue weighted by molar-refractivity contribution is 7.80. The molecule has 0 spiro atoms. The molecule has 1 saturated heterocycles. The number of carbonyl (C=O) groups is 1.